The van der Waals surface area contributed by atoms with Crippen molar-refractivity contribution in [3.63, 3.8) is 0 Å². The topological polar surface area (TPSA) is 279 Å². The van der Waals surface area contributed by atoms with Crippen LogP contribution in [0.3, 0.4) is 0 Å². The van der Waals surface area contributed by atoms with Gasteiger partial charge in [-0.2, -0.15) is 0 Å². The molecule has 0 fully saturated rings. The molecule has 0 aliphatic carbocycles. The largest absolute Gasteiger partial charge is 0.368 e. The van der Waals surface area contributed by atoms with Gasteiger partial charge in [0, 0.05) is 12.8 Å². The third-order valence-electron chi connectivity index (χ3n) is 9.02. The Morgan fingerprint density at radius 1 is 0.627 bits per heavy atom. The molecule has 5 atom stereocenters. The number of hydrogen-bond acceptors (Lipinski definition) is 11. The molecular weight excluding hydrogens is 759 g/mol. The zero-order valence-corrected chi connectivity index (χ0v) is 33.5. The van der Waals surface area contributed by atoms with Gasteiger partial charge in [0.25, 0.3) is 0 Å². The van der Waals surface area contributed by atoms with Gasteiger partial charge < -0.3 is 48.6 Å². The summed E-state index contributed by atoms with van der Waals surface area (Å²) in [5, 5.41) is 13.1. The monoisotopic (exact) mass is 815 g/mol. The van der Waals surface area contributed by atoms with E-state index in [1.54, 1.807) is 84.9 Å². The second kappa shape index (κ2) is 25.1. The van der Waals surface area contributed by atoms with E-state index in [-0.39, 0.29) is 38.0 Å². The van der Waals surface area contributed by atoms with Gasteiger partial charge in [0.05, 0.1) is 24.7 Å². The van der Waals surface area contributed by atoms with Crippen molar-refractivity contribution < 1.29 is 38.4 Å². The van der Waals surface area contributed by atoms with Crippen molar-refractivity contribution in [2.75, 3.05) is 18.6 Å². The zero-order valence-electron chi connectivity index (χ0n) is 33.5. The Labute approximate surface area is 344 Å². The lowest BCUT2D eigenvalue weighted by Gasteiger charge is -2.25. The third-order valence-corrected chi connectivity index (χ3v) is 9.02. The van der Waals surface area contributed by atoms with Gasteiger partial charge in [-0.25, -0.2) is 10.3 Å². The summed E-state index contributed by atoms with van der Waals surface area (Å²) < 4.78 is 0. The fourth-order valence-electron chi connectivity index (χ4n) is 5.87. The Bertz CT molecular complexity index is 1820. The fourth-order valence-corrected chi connectivity index (χ4v) is 5.87. The van der Waals surface area contributed by atoms with Crippen LogP contribution in [0.2, 0.25) is 0 Å². The van der Waals surface area contributed by atoms with E-state index in [0.29, 0.717) is 30.6 Å². The van der Waals surface area contributed by atoms with E-state index in [1.165, 1.54) is 0 Å². The van der Waals surface area contributed by atoms with Gasteiger partial charge >= 0.3 is 5.97 Å². The Balaban J connectivity index is 1.67. The highest BCUT2D eigenvalue weighted by molar-refractivity contribution is 5.95. The lowest BCUT2D eigenvalue weighted by molar-refractivity contribution is -0.141. The van der Waals surface area contributed by atoms with Crippen LogP contribution in [0.15, 0.2) is 91.0 Å². The molecule has 3 aromatic carbocycles. The summed E-state index contributed by atoms with van der Waals surface area (Å²) in [6, 6.07) is 21.0. The van der Waals surface area contributed by atoms with E-state index >= 15 is 0 Å². The number of nitrogens with one attached hydrogen (secondary N) is 6. The number of para-hydroxylation sites is 1. The van der Waals surface area contributed by atoms with Gasteiger partial charge in [0.2, 0.25) is 35.4 Å². The van der Waals surface area contributed by atoms with Crippen LogP contribution in [0.25, 0.3) is 0 Å². The van der Waals surface area contributed by atoms with Crippen LogP contribution in [0.4, 0.5) is 5.69 Å². The number of carbonyl (C=O) groups excluding carboxylic acids is 7. The number of hydrogen-bond donors (Lipinski definition) is 9. The van der Waals surface area contributed by atoms with Crippen molar-refractivity contribution in [3.05, 3.63) is 102 Å². The maximum atomic E-state index is 13.8. The smallest absolute Gasteiger partial charge is 0.332 e. The first-order valence-corrected chi connectivity index (χ1v) is 19.6. The Morgan fingerprint density at radius 3 is 1.68 bits per heavy atom. The average Bonchev–Trinajstić information content (AvgIpc) is 3.22. The van der Waals surface area contributed by atoms with Gasteiger partial charge in [0.15, 0.2) is 0 Å². The molecule has 17 nitrogen and oxygen atoms in total. The number of benzene rings is 3. The highest BCUT2D eigenvalue weighted by Crippen LogP contribution is 2.11. The minimum absolute atomic E-state index is 0.0464. The molecule has 59 heavy (non-hydrogen) atoms. The third kappa shape index (κ3) is 17.8. The lowest BCUT2D eigenvalue weighted by atomic mass is 10.0. The molecule has 0 saturated heterocycles. The first-order valence-electron chi connectivity index (χ1n) is 19.6. The molecule has 0 aromatic heterocycles. The maximum absolute atomic E-state index is 13.8. The van der Waals surface area contributed by atoms with Crippen LogP contribution in [-0.4, -0.2) is 84.7 Å². The van der Waals surface area contributed by atoms with E-state index < -0.39 is 78.2 Å². The molecule has 12 N–H and O–H groups in total. The molecule has 318 valence electrons. The van der Waals surface area contributed by atoms with Crippen LogP contribution < -0.4 is 49.3 Å². The Morgan fingerprint density at radius 2 is 1.14 bits per heavy atom. The number of rotatable bonds is 25. The first-order chi connectivity index (χ1) is 28.2. The standard InChI is InChI=1S/C42H57N9O8/c1-27(2)23-33(41(57)48-32(38(45)54)20-21-37(53)59-51-30-17-10-5-11-18-30)47-36(52)26-46-40(56)34(24-28-13-6-3-7-14-28)50-42(58)35(25-29-15-8-4-9-16-29)49-39(55)31(44)19-12-22-43/h3-11,13-18,27,31-35,51H,12,19-26,43-44H2,1-2H3,(H2,45,54)(H,46,56)(H,47,52)(H,48,57)(H,49,55)(H,50,58)/t31-,32-,33-,34-,35-/m0/s1. The minimum atomic E-state index is -1.25. The summed E-state index contributed by atoms with van der Waals surface area (Å²) in [5.41, 5.74) is 21.7. The van der Waals surface area contributed by atoms with Gasteiger partial charge in [0.1, 0.15) is 24.2 Å². The van der Waals surface area contributed by atoms with Crippen LogP contribution in [-0.2, 0) is 51.2 Å². The van der Waals surface area contributed by atoms with Crippen molar-refractivity contribution in [1.82, 2.24) is 26.6 Å². The van der Waals surface area contributed by atoms with E-state index in [1.807, 2.05) is 19.9 Å². The zero-order chi connectivity index (χ0) is 43.2. The molecule has 17 heteroatoms. The lowest BCUT2D eigenvalue weighted by Crippen LogP contribution is -2.58. The Kier molecular flexibility index (Phi) is 20.0. The second-order valence-electron chi connectivity index (χ2n) is 14.5. The normalized spacial score (nSPS) is 13.4. The van der Waals surface area contributed by atoms with Crippen molar-refractivity contribution in [1.29, 1.82) is 0 Å². The van der Waals surface area contributed by atoms with Crippen LogP contribution in [0.5, 0.6) is 0 Å². The molecule has 6 amide bonds. The molecular formula is C42H57N9O8. The van der Waals surface area contributed by atoms with Crippen LogP contribution in [0, 0.1) is 5.92 Å². The van der Waals surface area contributed by atoms with Gasteiger partial charge in [-0.05, 0) is 61.4 Å². The molecule has 0 aliphatic rings. The summed E-state index contributed by atoms with van der Waals surface area (Å²) in [6.07, 6.45) is 0.722. The molecule has 3 rings (SSSR count). The highest BCUT2D eigenvalue weighted by atomic mass is 16.7. The second-order valence-corrected chi connectivity index (χ2v) is 14.5. The van der Waals surface area contributed by atoms with Gasteiger partial charge in [-0.3, -0.25) is 28.8 Å². The predicted octanol–water partition coefficient (Wildman–Crippen LogP) is 0.475. The number of anilines is 1. The van der Waals surface area contributed by atoms with E-state index in [0.717, 1.165) is 5.56 Å². The van der Waals surface area contributed by atoms with Crippen LogP contribution in [0.1, 0.15) is 57.1 Å². The summed E-state index contributed by atoms with van der Waals surface area (Å²) in [5.74, 6) is -5.01. The fraction of sp³-hybridized carbons (Fsp3) is 0.405. The number of primary amides is 1. The molecule has 0 bridgehead atoms. The summed E-state index contributed by atoms with van der Waals surface area (Å²) >= 11 is 0. The van der Waals surface area contributed by atoms with Crippen molar-refractivity contribution in [2.24, 2.45) is 23.1 Å². The van der Waals surface area contributed by atoms with Crippen molar-refractivity contribution in [3.8, 4) is 0 Å². The van der Waals surface area contributed by atoms with Crippen molar-refractivity contribution in [2.45, 2.75) is 89.0 Å². The van der Waals surface area contributed by atoms with Crippen molar-refractivity contribution >= 4 is 47.1 Å². The summed E-state index contributed by atoms with van der Waals surface area (Å²) in [4.78, 5) is 96.7. The maximum Gasteiger partial charge on any atom is 0.332 e. The molecule has 0 heterocycles. The molecule has 0 unspecified atom stereocenters. The molecule has 0 aliphatic heterocycles. The van der Waals surface area contributed by atoms with E-state index in [2.05, 4.69) is 32.1 Å². The first kappa shape index (κ1) is 47.0. The SMILES string of the molecule is CC(C)C[C@H](NC(=O)CNC(=O)[C@H](Cc1ccccc1)NC(=O)[C@H](Cc1ccccc1)NC(=O)[C@@H](N)CCCN)C(=O)N[C@@H](CCC(=O)ONc1ccccc1)C(N)=O. The Hall–Kier alpha value is -6.33. The molecule has 0 radical (unpaired) electrons. The summed E-state index contributed by atoms with van der Waals surface area (Å²) in [7, 11) is 0. The summed E-state index contributed by atoms with van der Waals surface area (Å²) in [6.45, 7) is 3.43. The molecule has 0 spiro atoms. The quantitative estimate of drug-likeness (QED) is 0.0531. The minimum Gasteiger partial charge on any atom is -0.368 e. The number of carbonyl (C=O) groups is 7. The number of nitrogens with two attached hydrogens (primary N) is 3. The van der Waals surface area contributed by atoms with E-state index in [9.17, 15) is 33.6 Å². The molecule has 0 saturated carbocycles. The van der Waals surface area contributed by atoms with Gasteiger partial charge in [-0.1, -0.05) is 92.7 Å². The average molecular weight is 816 g/mol. The number of amides is 6. The molecule has 3 aromatic rings. The van der Waals surface area contributed by atoms with Crippen LogP contribution >= 0.6 is 0 Å². The predicted molar refractivity (Wildman–Crippen MR) is 221 cm³/mol. The highest BCUT2D eigenvalue weighted by Gasteiger charge is 2.30. The van der Waals surface area contributed by atoms with Gasteiger partial charge in [-0.15, -0.1) is 0 Å². The van der Waals surface area contributed by atoms with E-state index in [4.69, 9.17) is 22.0 Å².